The van der Waals surface area contributed by atoms with Crippen LogP contribution >= 0.6 is 15.9 Å². The number of nitrogens with zero attached hydrogens (tertiary/aromatic N) is 1. The van der Waals surface area contributed by atoms with Crippen LogP contribution in [-0.4, -0.2) is 12.1 Å². The Hall–Kier alpha value is -1.05. The van der Waals surface area contributed by atoms with Crippen molar-refractivity contribution in [2.75, 3.05) is 11.9 Å². The van der Waals surface area contributed by atoms with Gasteiger partial charge in [0.05, 0.1) is 11.6 Å². The number of rotatable bonds is 5. The van der Waals surface area contributed by atoms with Crippen molar-refractivity contribution in [3.63, 3.8) is 0 Å². The zero-order chi connectivity index (χ0) is 13.8. The van der Waals surface area contributed by atoms with Crippen LogP contribution in [0.3, 0.4) is 0 Å². The van der Waals surface area contributed by atoms with E-state index in [0.717, 1.165) is 16.6 Å². The molecule has 0 saturated carbocycles. The van der Waals surface area contributed by atoms with Gasteiger partial charge in [-0.05, 0) is 37.5 Å². The molecule has 0 saturated heterocycles. The highest BCUT2D eigenvalue weighted by Crippen LogP contribution is 2.25. The van der Waals surface area contributed by atoms with E-state index in [1.165, 1.54) is 0 Å². The molecule has 0 fully saturated rings. The SMILES string of the molecule is CC(C)CC(C)(CN)Nc1cc(Br)cc(C#N)c1. The fourth-order valence-electron chi connectivity index (χ4n) is 2.16. The van der Waals surface area contributed by atoms with Gasteiger partial charge in [-0.15, -0.1) is 0 Å². The smallest absolute Gasteiger partial charge is 0.0992 e. The molecule has 3 N–H and O–H groups in total. The van der Waals surface area contributed by atoms with Gasteiger partial charge in [0.15, 0.2) is 0 Å². The van der Waals surface area contributed by atoms with Crippen LogP contribution < -0.4 is 11.1 Å². The first-order chi connectivity index (χ1) is 8.38. The number of halogens is 1. The fourth-order valence-corrected chi connectivity index (χ4v) is 2.65. The van der Waals surface area contributed by atoms with Gasteiger partial charge in [-0.25, -0.2) is 0 Å². The minimum absolute atomic E-state index is 0.151. The van der Waals surface area contributed by atoms with E-state index in [1.807, 2.05) is 12.1 Å². The minimum Gasteiger partial charge on any atom is -0.379 e. The summed E-state index contributed by atoms with van der Waals surface area (Å²) in [6, 6.07) is 7.76. The highest BCUT2D eigenvalue weighted by molar-refractivity contribution is 9.10. The Morgan fingerprint density at radius 1 is 1.44 bits per heavy atom. The molecule has 98 valence electrons. The molecule has 0 aliphatic rings. The van der Waals surface area contributed by atoms with Crippen molar-refractivity contribution in [1.82, 2.24) is 0 Å². The van der Waals surface area contributed by atoms with Crippen molar-refractivity contribution < 1.29 is 0 Å². The zero-order valence-electron chi connectivity index (χ0n) is 11.1. The van der Waals surface area contributed by atoms with E-state index >= 15 is 0 Å². The Kier molecular flexibility index (Phi) is 5.18. The maximum Gasteiger partial charge on any atom is 0.0992 e. The van der Waals surface area contributed by atoms with Crippen molar-refractivity contribution in [2.24, 2.45) is 11.7 Å². The lowest BCUT2D eigenvalue weighted by atomic mass is 9.90. The second-order valence-electron chi connectivity index (χ2n) is 5.33. The van der Waals surface area contributed by atoms with Crippen LogP contribution in [0.5, 0.6) is 0 Å². The summed E-state index contributed by atoms with van der Waals surface area (Å²) < 4.78 is 0.896. The molecular formula is C14H20BrN3. The molecule has 1 aromatic carbocycles. The first-order valence-electron chi connectivity index (χ1n) is 6.07. The Labute approximate surface area is 118 Å². The van der Waals surface area contributed by atoms with Crippen LogP contribution in [0.2, 0.25) is 0 Å². The number of hydrogen-bond acceptors (Lipinski definition) is 3. The normalized spacial score (nSPS) is 14.1. The predicted octanol–water partition coefficient (Wildman–Crippen LogP) is 3.50. The molecule has 0 aliphatic carbocycles. The van der Waals surface area contributed by atoms with Crippen molar-refractivity contribution >= 4 is 21.6 Å². The summed E-state index contributed by atoms with van der Waals surface area (Å²) in [5, 5.41) is 12.4. The highest BCUT2D eigenvalue weighted by Gasteiger charge is 2.23. The second-order valence-corrected chi connectivity index (χ2v) is 6.24. The largest absolute Gasteiger partial charge is 0.379 e. The number of nitrogens with two attached hydrogens (primary N) is 1. The van der Waals surface area contributed by atoms with Gasteiger partial charge in [-0.2, -0.15) is 5.26 Å². The third-order valence-corrected chi connectivity index (χ3v) is 3.24. The second kappa shape index (κ2) is 6.21. The molecule has 0 spiro atoms. The van der Waals surface area contributed by atoms with Crippen LogP contribution in [0, 0.1) is 17.2 Å². The van der Waals surface area contributed by atoms with Gasteiger partial charge in [0.2, 0.25) is 0 Å². The summed E-state index contributed by atoms with van der Waals surface area (Å²) in [7, 11) is 0. The summed E-state index contributed by atoms with van der Waals surface area (Å²) in [5.74, 6) is 0.564. The predicted molar refractivity (Wildman–Crippen MR) is 79.4 cm³/mol. The van der Waals surface area contributed by atoms with E-state index in [2.05, 4.69) is 48.1 Å². The number of nitriles is 1. The molecule has 1 rings (SSSR count). The molecule has 0 aliphatic heterocycles. The van der Waals surface area contributed by atoms with E-state index in [-0.39, 0.29) is 5.54 Å². The quantitative estimate of drug-likeness (QED) is 0.875. The Bertz CT molecular complexity index is 451. The summed E-state index contributed by atoms with van der Waals surface area (Å²) >= 11 is 3.41. The van der Waals surface area contributed by atoms with Crippen LogP contribution in [-0.2, 0) is 0 Å². The number of nitrogens with one attached hydrogen (secondary N) is 1. The van der Waals surface area contributed by atoms with Crippen LogP contribution in [0.15, 0.2) is 22.7 Å². The van der Waals surface area contributed by atoms with Crippen molar-refractivity contribution in [3.8, 4) is 6.07 Å². The maximum absolute atomic E-state index is 8.96. The number of hydrogen-bond donors (Lipinski definition) is 2. The van der Waals surface area contributed by atoms with Gasteiger partial charge >= 0.3 is 0 Å². The average Bonchev–Trinajstić information content (AvgIpc) is 2.26. The third-order valence-electron chi connectivity index (χ3n) is 2.78. The zero-order valence-corrected chi connectivity index (χ0v) is 12.7. The molecule has 0 amide bonds. The fraction of sp³-hybridized carbons (Fsp3) is 0.500. The number of benzene rings is 1. The Morgan fingerprint density at radius 2 is 2.11 bits per heavy atom. The molecule has 3 nitrogen and oxygen atoms in total. The Balaban J connectivity index is 2.95. The van der Waals surface area contributed by atoms with Gasteiger partial charge < -0.3 is 11.1 Å². The van der Waals surface area contributed by atoms with Crippen molar-refractivity contribution in [2.45, 2.75) is 32.7 Å². The van der Waals surface area contributed by atoms with Crippen LogP contribution in [0.25, 0.3) is 0 Å². The van der Waals surface area contributed by atoms with Gasteiger partial charge in [0.1, 0.15) is 0 Å². The van der Waals surface area contributed by atoms with Gasteiger partial charge in [-0.3, -0.25) is 0 Å². The van der Waals surface area contributed by atoms with Crippen LogP contribution in [0.4, 0.5) is 5.69 Å². The summed E-state index contributed by atoms with van der Waals surface area (Å²) in [4.78, 5) is 0. The summed E-state index contributed by atoms with van der Waals surface area (Å²) in [6.45, 7) is 7.02. The van der Waals surface area contributed by atoms with E-state index in [1.54, 1.807) is 6.07 Å². The van der Waals surface area contributed by atoms with Gasteiger partial charge in [0.25, 0.3) is 0 Å². The molecule has 1 atom stereocenters. The van der Waals surface area contributed by atoms with E-state index < -0.39 is 0 Å². The van der Waals surface area contributed by atoms with Gasteiger partial charge in [-0.1, -0.05) is 29.8 Å². The summed E-state index contributed by atoms with van der Waals surface area (Å²) in [6.07, 6.45) is 0.984. The lowest BCUT2D eigenvalue weighted by Gasteiger charge is -2.32. The molecule has 18 heavy (non-hydrogen) atoms. The average molecular weight is 310 g/mol. The van der Waals surface area contributed by atoms with Crippen molar-refractivity contribution in [1.29, 1.82) is 5.26 Å². The molecule has 1 unspecified atom stereocenters. The molecule has 0 bridgehead atoms. The molecule has 0 aromatic heterocycles. The topological polar surface area (TPSA) is 61.8 Å². The Morgan fingerprint density at radius 3 is 2.61 bits per heavy atom. The summed E-state index contributed by atoms with van der Waals surface area (Å²) in [5.41, 5.74) is 7.28. The highest BCUT2D eigenvalue weighted by atomic mass is 79.9. The molecule has 4 heteroatoms. The molecule has 1 aromatic rings. The molecule has 0 heterocycles. The van der Waals surface area contributed by atoms with E-state index in [4.69, 9.17) is 11.0 Å². The first kappa shape index (κ1) is 15.0. The standard InChI is InChI=1S/C14H20BrN3/c1-10(2)7-14(3,9-17)18-13-5-11(8-16)4-12(15)6-13/h4-6,10,18H,7,9,17H2,1-3H3. The van der Waals surface area contributed by atoms with Crippen molar-refractivity contribution in [3.05, 3.63) is 28.2 Å². The van der Waals surface area contributed by atoms with Gasteiger partial charge in [0, 0.05) is 22.2 Å². The third kappa shape index (κ3) is 4.32. The molecule has 0 radical (unpaired) electrons. The van der Waals surface area contributed by atoms with E-state index in [0.29, 0.717) is 18.0 Å². The van der Waals surface area contributed by atoms with E-state index in [9.17, 15) is 0 Å². The minimum atomic E-state index is -0.151. The lowest BCUT2D eigenvalue weighted by Crippen LogP contribution is -2.43. The monoisotopic (exact) mass is 309 g/mol. The number of anilines is 1. The maximum atomic E-state index is 8.96. The molecular weight excluding hydrogens is 290 g/mol. The lowest BCUT2D eigenvalue weighted by molar-refractivity contribution is 0.407. The first-order valence-corrected chi connectivity index (χ1v) is 6.87. The van der Waals surface area contributed by atoms with Crippen LogP contribution in [0.1, 0.15) is 32.8 Å².